The molecule has 0 radical (unpaired) electrons. The Morgan fingerprint density at radius 2 is 1.86 bits per heavy atom. The maximum Gasteiger partial charge on any atom is 0.262 e. The molecule has 1 saturated carbocycles. The van der Waals surface area contributed by atoms with Crippen LogP contribution in [0, 0.1) is 11.8 Å². The summed E-state index contributed by atoms with van der Waals surface area (Å²) in [5.41, 5.74) is 5.52. The van der Waals surface area contributed by atoms with Crippen molar-refractivity contribution in [3.63, 3.8) is 0 Å². The van der Waals surface area contributed by atoms with Gasteiger partial charge in [-0.3, -0.25) is 9.36 Å². The van der Waals surface area contributed by atoms with Gasteiger partial charge in [0.15, 0.2) is 0 Å². The van der Waals surface area contributed by atoms with Gasteiger partial charge in [0.05, 0.1) is 32.5 Å². The van der Waals surface area contributed by atoms with E-state index in [1.165, 1.54) is 34.4 Å². The topological polar surface area (TPSA) is 53.4 Å². The molecule has 3 aliphatic rings. The zero-order chi connectivity index (χ0) is 25.3. The molecule has 0 amide bonds. The van der Waals surface area contributed by atoms with Crippen molar-refractivity contribution in [3.05, 3.63) is 86.3 Å². The number of benzene rings is 2. The van der Waals surface area contributed by atoms with Crippen LogP contribution in [0.3, 0.4) is 0 Å². The van der Waals surface area contributed by atoms with Gasteiger partial charge >= 0.3 is 0 Å². The number of methoxy groups -OCH3 is 2. The molecule has 0 aliphatic heterocycles. The maximum atomic E-state index is 13.9. The highest BCUT2D eigenvalue weighted by atomic mass is 32.1. The first-order valence-electron chi connectivity index (χ1n) is 13.3. The summed E-state index contributed by atoms with van der Waals surface area (Å²) < 4.78 is 12.6. The Kier molecular flexibility index (Phi) is 5.26. The second-order valence-electron chi connectivity index (χ2n) is 11.2. The fraction of sp³-hybridized carbons (Fsp3) is 0.419. The molecule has 6 heteroatoms. The van der Waals surface area contributed by atoms with E-state index in [9.17, 15) is 4.79 Å². The van der Waals surface area contributed by atoms with Gasteiger partial charge in [0.25, 0.3) is 5.56 Å². The first-order chi connectivity index (χ1) is 18.0. The van der Waals surface area contributed by atoms with Crippen LogP contribution in [0.4, 0.5) is 0 Å². The van der Waals surface area contributed by atoms with Crippen LogP contribution in [0.25, 0.3) is 10.2 Å². The standard InChI is InChI=1S/C31H32N2O3S/c1-31-13-12-23-22-11-9-21(36-3)14-19(22)6-10-24(23)25(31)15-26-28(31)27-29(37-26)32-17-33(30(27)34)16-18-4-7-20(35-2)8-5-18/h4-5,7-9,11,14,17,23-25H,6,10,12-13,15-16H2,1-3H3/t23-,24-,25+,31+/m0/s1. The summed E-state index contributed by atoms with van der Waals surface area (Å²) in [7, 11) is 3.42. The predicted molar refractivity (Wildman–Crippen MR) is 147 cm³/mol. The minimum absolute atomic E-state index is 0.0405. The molecule has 0 saturated heterocycles. The molecular weight excluding hydrogens is 480 g/mol. The number of hydrogen-bond donors (Lipinski definition) is 0. The summed E-state index contributed by atoms with van der Waals surface area (Å²) in [6.45, 7) is 2.96. The average molecular weight is 513 g/mol. The highest BCUT2D eigenvalue weighted by molar-refractivity contribution is 7.18. The highest BCUT2D eigenvalue weighted by Crippen LogP contribution is 2.62. The van der Waals surface area contributed by atoms with Crippen molar-refractivity contribution in [2.45, 2.75) is 56.9 Å². The first-order valence-corrected chi connectivity index (χ1v) is 14.1. The van der Waals surface area contributed by atoms with E-state index >= 15 is 0 Å². The number of aromatic nitrogens is 2. The lowest BCUT2D eigenvalue weighted by molar-refractivity contribution is 0.106. The summed E-state index contributed by atoms with van der Waals surface area (Å²) in [6.07, 6.45) is 7.44. The molecule has 5 nitrogen and oxygen atoms in total. The van der Waals surface area contributed by atoms with E-state index in [0.717, 1.165) is 46.5 Å². The van der Waals surface area contributed by atoms with Gasteiger partial charge in [-0.25, -0.2) is 4.98 Å². The number of ether oxygens (including phenoxy) is 2. The molecule has 0 spiro atoms. The first kappa shape index (κ1) is 23.0. The minimum atomic E-state index is 0.0405. The number of hydrogen-bond acceptors (Lipinski definition) is 5. The molecule has 1 fully saturated rings. The molecule has 190 valence electrons. The highest BCUT2D eigenvalue weighted by Gasteiger charge is 2.54. The van der Waals surface area contributed by atoms with Crippen LogP contribution in [0.1, 0.15) is 59.2 Å². The SMILES string of the molecule is COc1ccc(Cn2cnc3sc4c(c3c2=O)[C@]2(C)CC[C@H]3c5ccc(OC)cc5CC[C@@H]3[C@H]2C4)cc1. The molecular formula is C31H32N2O3S. The van der Waals surface area contributed by atoms with E-state index < -0.39 is 0 Å². The van der Waals surface area contributed by atoms with Crippen LogP contribution in [0.5, 0.6) is 11.5 Å². The van der Waals surface area contributed by atoms with Crippen LogP contribution in [-0.4, -0.2) is 23.8 Å². The monoisotopic (exact) mass is 512 g/mol. The van der Waals surface area contributed by atoms with Crippen molar-refractivity contribution in [2.24, 2.45) is 11.8 Å². The fourth-order valence-corrected chi connectivity index (χ4v) is 9.08. The third-order valence-electron chi connectivity index (χ3n) is 9.56. The molecule has 7 rings (SSSR count). The number of rotatable bonds is 4. The molecule has 2 heterocycles. The van der Waals surface area contributed by atoms with Gasteiger partial charge in [-0.15, -0.1) is 11.3 Å². The van der Waals surface area contributed by atoms with Crippen molar-refractivity contribution >= 4 is 21.6 Å². The van der Waals surface area contributed by atoms with E-state index in [1.54, 1.807) is 36.5 Å². The third kappa shape index (κ3) is 3.41. The normalized spacial score (nSPS) is 25.8. The molecule has 4 atom stereocenters. The average Bonchev–Trinajstić information content (AvgIpc) is 3.44. The van der Waals surface area contributed by atoms with Gasteiger partial charge in [-0.05, 0) is 102 Å². The fourth-order valence-electron chi connectivity index (χ4n) is 7.75. The Morgan fingerprint density at radius 3 is 2.65 bits per heavy atom. The van der Waals surface area contributed by atoms with E-state index in [2.05, 4.69) is 25.1 Å². The lowest BCUT2D eigenvalue weighted by atomic mass is 9.55. The largest absolute Gasteiger partial charge is 0.497 e. The van der Waals surface area contributed by atoms with Crippen molar-refractivity contribution < 1.29 is 9.47 Å². The van der Waals surface area contributed by atoms with Crippen molar-refractivity contribution in [1.29, 1.82) is 0 Å². The number of aryl methyl sites for hydroxylation is 1. The molecule has 2 aromatic carbocycles. The van der Waals surface area contributed by atoms with Crippen LogP contribution in [0.2, 0.25) is 0 Å². The Morgan fingerprint density at radius 1 is 1.08 bits per heavy atom. The zero-order valence-corrected chi connectivity index (χ0v) is 22.4. The number of thiophene rings is 1. The van der Waals surface area contributed by atoms with E-state index in [-0.39, 0.29) is 11.0 Å². The van der Waals surface area contributed by atoms with Crippen molar-refractivity contribution in [3.8, 4) is 11.5 Å². The third-order valence-corrected chi connectivity index (χ3v) is 10.7. The van der Waals surface area contributed by atoms with Gasteiger partial charge in [-0.2, -0.15) is 0 Å². The Hall–Kier alpha value is -3.12. The summed E-state index contributed by atoms with van der Waals surface area (Å²) >= 11 is 1.76. The van der Waals surface area contributed by atoms with Crippen molar-refractivity contribution in [2.75, 3.05) is 14.2 Å². The minimum Gasteiger partial charge on any atom is -0.497 e. The van der Waals surface area contributed by atoms with Gasteiger partial charge in [0.2, 0.25) is 0 Å². The summed E-state index contributed by atoms with van der Waals surface area (Å²) in [6, 6.07) is 14.6. The lowest BCUT2D eigenvalue weighted by Gasteiger charge is -2.49. The summed E-state index contributed by atoms with van der Waals surface area (Å²) in [5, 5.41) is 0.875. The molecule has 0 bridgehead atoms. The zero-order valence-electron chi connectivity index (χ0n) is 21.6. The molecule has 3 aliphatic carbocycles. The summed E-state index contributed by atoms with van der Waals surface area (Å²) in [4.78, 5) is 21.0. The van der Waals surface area contributed by atoms with Gasteiger partial charge in [0.1, 0.15) is 16.3 Å². The molecule has 4 aromatic rings. The second-order valence-corrected chi connectivity index (χ2v) is 12.3. The second kappa shape index (κ2) is 8.45. The number of nitrogens with zero attached hydrogens (tertiary/aromatic N) is 2. The Labute approximate surface area is 221 Å². The van der Waals surface area contributed by atoms with Gasteiger partial charge in [-0.1, -0.05) is 25.1 Å². The Bertz CT molecular complexity index is 1570. The Balaban J connectivity index is 1.25. The van der Waals surface area contributed by atoms with Crippen LogP contribution in [0.15, 0.2) is 53.6 Å². The van der Waals surface area contributed by atoms with Crippen LogP contribution >= 0.6 is 11.3 Å². The van der Waals surface area contributed by atoms with Gasteiger partial charge in [0, 0.05) is 4.88 Å². The van der Waals surface area contributed by atoms with Crippen LogP contribution in [-0.2, 0) is 24.8 Å². The van der Waals surface area contributed by atoms with E-state index in [0.29, 0.717) is 24.3 Å². The number of fused-ring (bicyclic) bond motifs is 9. The van der Waals surface area contributed by atoms with Gasteiger partial charge < -0.3 is 9.47 Å². The lowest BCUT2D eigenvalue weighted by Crippen LogP contribution is -2.43. The quantitative estimate of drug-likeness (QED) is 0.332. The molecule has 37 heavy (non-hydrogen) atoms. The smallest absolute Gasteiger partial charge is 0.262 e. The maximum absolute atomic E-state index is 13.9. The summed E-state index contributed by atoms with van der Waals surface area (Å²) in [5.74, 6) is 3.64. The molecule has 2 aromatic heterocycles. The molecule has 0 N–H and O–H groups in total. The van der Waals surface area contributed by atoms with E-state index in [1.807, 2.05) is 24.3 Å². The predicted octanol–water partition coefficient (Wildman–Crippen LogP) is 6.09. The van der Waals surface area contributed by atoms with Crippen molar-refractivity contribution in [1.82, 2.24) is 9.55 Å². The molecule has 0 unspecified atom stereocenters. The van der Waals surface area contributed by atoms with Crippen LogP contribution < -0.4 is 15.0 Å². The van der Waals surface area contributed by atoms with E-state index in [4.69, 9.17) is 14.5 Å².